The first-order valence-electron chi connectivity index (χ1n) is 7.86. The number of carbonyl (C=O) groups excluding carboxylic acids is 2. The summed E-state index contributed by atoms with van der Waals surface area (Å²) in [6.07, 6.45) is 0.911. The predicted octanol–water partition coefficient (Wildman–Crippen LogP) is 2.40. The zero-order valence-corrected chi connectivity index (χ0v) is 16.5. The monoisotopic (exact) mass is 347 g/mol. The molecule has 2 atom stereocenters. The highest BCUT2D eigenvalue weighted by Crippen LogP contribution is 2.27. The van der Waals surface area contributed by atoms with Crippen LogP contribution in [0.15, 0.2) is 0 Å². The maximum absolute atomic E-state index is 12.1. The third-order valence-electron chi connectivity index (χ3n) is 3.20. The highest BCUT2D eigenvalue weighted by Gasteiger charge is 2.39. The van der Waals surface area contributed by atoms with Crippen LogP contribution in [-0.4, -0.2) is 55.2 Å². The van der Waals surface area contributed by atoms with Gasteiger partial charge in [-0.1, -0.05) is 11.8 Å². The van der Waals surface area contributed by atoms with Gasteiger partial charge in [0.2, 0.25) is 5.91 Å². The average Bonchev–Trinajstić information content (AvgIpc) is 2.67. The van der Waals surface area contributed by atoms with E-state index in [4.69, 9.17) is 9.16 Å². The summed E-state index contributed by atoms with van der Waals surface area (Å²) in [6, 6.07) is -0.0471. The molecule has 1 rings (SSSR count). The maximum atomic E-state index is 12.1. The molecule has 5 nitrogen and oxygen atoms in total. The number of rotatable bonds is 7. The van der Waals surface area contributed by atoms with Gasteiger partial charge in [-0.2, -0.15) is 0 Å². The molecule has 0 aromatic rings. The van der Waals surface area contributed by atoms with Gasteiger partial charge in [0.25, 0.3) is 0 Å². The second kappa shape index (κ2) is 8.47. The molecule has 1 amide bonds. The topological polar surface area (TPSA) is 55.8 Å². The van der Waals surface area contributed by atoms with Crippen molar-refractivity contribution in [3.63, 3.8) is 0 Å². The molecule has 0 aromatic heterocycles. The Morgan fingerprint density at radius 1 is 1.45 bits per heavy atom. The quantitative estimate of drug-likeness (QED) is 0.523. The summed E-state index contributed by atoms with van der Waals surface area (Å²) in [6.45, 7) is 12.3. The molecule has 0 spiro atoms. The zero-order valence-electron chi connectivity index (χ0n) is 14.5. The van der Waals surface area contributed by atoms with Gasteiger partial charge in [-0.25, -0.2) is 0 Å². The minimum absolute atomic E-state index is 0.0471. The molecule has 7 heteroatoms. The van der Waals surface area contributed by atoms with Gasteiger partial charge in [-0.3, -0.25) is 9.59 Å². The number of likely N-dealkylation sites (tertiary alicyclic amines) is 1. The Bertz CT molecular complexity index is 397. The van der Waals surface area contributed by atoms with Crippen molar-refractivity contribution in [1.82, 2.24) is 4.90 Å². The van der Waals surface area contributed by atoms with E-state index in [1.807, 2.05) is 25.7 Å². The fraction of sp³-hybridized carbons (Fsp3) is 0.867. The summed E-state index contributed by atoms with van der Waals surface area (Å²) in [7, 11) is -1.29. The largest absolute Gasteiger partial charge is 0.395 e. The third kappa shape index (κ3) is 6.81. The van der Waals surface area contributed by atoms with Crippen LogP contribution < -0.4 is 0 Å². The van der Waals surface area contributed by atoms with E-state index in [0.29, 0.717) is 18.7 Å². The van der Waals surface area contributed by atoms with Crippen molar-refractivity contribution in [2.75, 3.05) is 12.3 Å². The minimum Gasteiger partial charge on any atom is -0.395 e. The summed E-state index contributed by atoms with van der Waals surface area (Å²) >= 11 is 1.26. The van der Waals surface area contributed by atoms with Crippen molar-refractivity contribution in [2.24, 2.45) is 0 Å². The van der Waals surface area contributed by atoms with E-state index < -0.39 is 9.04 Å². The van der Waals surface area contributed by atoms with Crippen molar-refractivity contribution < 1.29 is 18.8 Å². The van der Waals surface area contributed by atoms with Gasteiger partial charge in [0.15, 0.2) is 20.4 Å². The van der Waals surface area contributed by atoms with Crippen LogP contribution in [0.25, 0.3) is 0 Å². The SMILES string of the molecule is CC(=O)SCCN1C(=O)CC[C@@H]1C(O[SiH](C)C)OC(C)(C)C. The Hall–Kier alpha value is -0.373. The summed E-state index contributed by atoms with van der Waals surface area (Å²) in [5, 5.41) is 0.0801. The zero-order chi connectivity index (χ0) is 16.9. The molecule has 1 unspecified atom stereocenters. The van der Waals surface area contributed by atoms with Crippen LogP contribution in [0.5, 0.6) is 0 Å². The molecule has 0 aliphatic carbocycles. The number of carbonyl (C=O) groups is 2. The molecule has 1 aliphatic rings. The second-order valence-electron chi connectivity index (χ2n) is 6.82. The van der Waals surface area contributed by atoms with Gasteiger partial charge in [0.05, 0.1) is 11.6 Å². The van der Waals surface area contributed by atoms with Gasteiger partial charge in [0.1, 0.15) is 0 Å². The van der Waals surface area contributed by atoms with Crippen molar-refractivity contribution in [1.29, 1.82) is 0 Å². The lowest BCUT2D eigenvalue weighted by molar-refractivity contribution is -0.182. The first-order chi connectivity index (χ1) is 10.1. The normalized spacial score (nSPS) is 20.8. The van der Waals surface area contributed by atoms with E-state index >= 15 is 0 Å². The van der Waals surface area contributed by atoms with E-state index in [2.05, 4.69) is 13.1 Å². The van der Waals surface area contributed by atoms with E-state index in [0.717, 1.165) is 6.42 Å². The fourth-order valence-electron chi connectivity index (χ4n) is 2.43. The van der Waals surface area contributed by atoms with E-state index in [1.165, 1.54) is 11.8 Å². The van der Waals surface area contributed by atoms with Gasteiger partial charge in [-0.15, -0.1) is 0 Å². The molecule has 0 aromatic carbocycles. The number of ether oxygens (including phenoxy) is 1. The van der Waals surface area contributed by atoms with Crippen LogP contribution in [0.1, 0.15) is 40.5 Å². The average molecular weight is 348 g/mol. The Labute approximate surface area is 139 Å². The molecule has 1 saturated heterocycles. The Morgan fingerprint density at radius 2 is 2.09 bits per heavy atom. The Balaban J connectivity index is 2.76. The number of thioether (sulfide) groups is 1. The van der Waals surface area contributed by atoms with Crippen molar-refractivity contribution in [3.05, 3.63) is 0 Å². The van der Waals surface area contributed by atoms with E-state index in [1.54, 1.807) is 6.92 Å². The predicted molar refractivity (Wildman–Crippen MR) is 92.5 cm³/mol. The van der Waals surface area contributed by atoms with Crippen LogP contribution in [0.3, 0.4) is 0 Å². The van der Waals surface area contributed by atoms with Crippen molar-refractivity contribution in [2.45, 2.75) is 71.6 Å². The summed E-state index contributed by atoms with van der Waals surface area (Å²) < 4.78 is 12.1. The maximum Gasteiger partial charge on any atom is 0.223 e. The van der Waals surface area contributed by atoms with E-state index in [9.17, 15) is 9.59 Å². The van der Waals surface area contributed by atoms with Gasteiger partial charge >= 0.3 is 0 Å². The van der Waals surface area contributed by atoms with Gasteiger partial charge in [0, 0.05) is 25.6 Å². The summed E-state index contributed by atoms with van der Waals surface area (Å²) in [5.74, 6) is 0.754. The van der Waals surface area contributed by atoms with Gasteiger partial charge in [-0.05, 0) is 40.3 Å². The van der Waals surface area contributed by atoms with Crippen LogP contribution >= 0.6 is 11.8 Å². The molecule has 22 heavy (non-hydrogen) atoms. The molecule has 0 radical (unpaired) electrons. The second-order valence-corrected chi connectivity index (χ2v) is 10.5. The van der Waals surface area contributed by atoms with Crippen molar-refractivity contribution in [3.8, 4) is 0 Å². The number of hydrogen-bond acceptors (Lipinski definition) is 5. The van der Waals surface area contributed by atoms with Crippen LogP contribution in [-0.2, 0) is 18.8 Å². The number of nitrogens with zero attached hydrogens (tertiary/aromatic N) is 1. The lowest BCUT2D eigenvalue weighted by Crippen LogP contribution is -2.48. The lowest BCUT2D eigenvalue weighted by atomic mass is 10.1. The molecular formula is C15H29NO4SSi. The Morgan fingerprint density at radius 3 is 2.59 bits per heavy atom. The standard InChI is InChI=1S/C15H29NO4SSi/c1-11(17)21-10-9-16-12(7-8-13(16)18)14(20-22(5)6)19-15(2,3)4/h12,14,22H,7-10H2,1-6H3/t12-,14?/m1/s1. The first kappa shape index (κ1) is 19.7. The molecule has 1 heterocycles. The molecule has 128 valence electrons. The summed E-state index contributed by atoms with van der Waals surface area (Å²) in [4.78, 5) is 25.0. The van der Waals surface area contributed by atoms with Crippen molar-refractivity contribution >= 4 is 31.8 Å². The molecule has 0 saturated carbocycles. The molecule has 0 bridgehead atoms. The first-order valence-corrected chi connectivity index (χ1v) is 11.6. The molecule has 0 N–H and O–H groups in total. The lowest BCUT2D eigenvalue weighted by Gasteiger charge is -2.36. The van der Waals surface area contributed by atoms with Crippen LogP contribution in [0.2, 0.25) is 13.1 Å². The van der Waals surface area contributed by atoms with Gasteiger partial charge < -0.3 is 14.1 Å². The van der Waals surface area contributed by atoms with E-state index in [-0.39, 0.29) is 29.0 Å². The summed E-state index contributed by atoms with van der Waals surface area (Å²) in [5.41, 5.74) is -0.320. The third-order valence-corrected chi connectivity index (χ3v) is 4.81. The number of hydrogen-bond donors (Lipinski definition) is 0. The van der Waals surface area contributed by atoms with Crippen LogP contribution in [0, 0.1) is 0 Å². The van der Waals surface area contributed by atoms with Crippen LogP contribution in [0.4, 0.5) is 0 Å². The molecule has 1 aliphatic heterocycles. The Kier molecular flexibility index (Phi) is 7.57. The highest BCUT2D eigenvalue weighted by atomic mass is 32.2. The highest BCUT2D eigenvalue weighted by molar-refractivity contribution is 8.13. The smallest absolute Gasteiger partial charge is 0.223 e. The fourth-order valence-corrected chi connectivity index (χ4v) is 3.78. The molecular weight excluding hydrogens is 318 g/mol. The minimum atomic E-state index is -1.29. The molecule has 1 fully saturated rings. The number of amides is 1.